The van der Waals surface area contributed by atoms with Crippen LogP contribution in [0.4, 0.5) is 0 Å². The fourth-order valence-electron chi connectivity index (χ4n) is 2.40. The number of halogens is 1. The summed E-state index contributed by atoms with van der Waals surface area (Å²) in [6, 6.07) is 13.0. The van der Waals surface area contributed by atoms with Gasteiger partial charge in [0, 0.05) is 20.7 Å². The third-order valence-electron chi connectivity index (χ3n) is 3.81. The van der Waals surface area contributed by atoms with Gasteiger partial charge in [0.2, 0.25) is 0 Å². The van der Waals surface area contributed by atoms with E-state index in [2.05, 4.69) is 10.3 Å². The summed E-state index contributed by atoms with van der Waals surface area (Å²) < 4.78 is 0. The van der Waals surface area contributed by atoms with Gasteiger partial charge in [0.15, 0.2) is 11.4 Å². The number of carbonyl (C=O) groups excluding carboxylic acids is 1. The molecule has 3 aromatic rings. The Morgan fingerprint density at radius 1 is 1.11 bits per heavy atom. The summed E-state index contributed by atoms with van der Waals surface area (Å²) in [6.07, 6.45) is 0. The van der Waals surface area contributed by atoms with Gasteiger partial charge in [-0.3, -0.25) is 9.59 Å². The highest BCUT2D eigenvalue weighted by Gasteiger charge is 2.22. The predicted octanol–water partition coefficient (Wildman–Crippen LogP) is 3.95. The maximum absolute atomic E-state index is 12.4. The summed E-state index contributed by atoms with van der Waals surface area (Å²) in [7, 11) is 0. The number of carboxylic acid groups (broad SMARTS) is 1. The van der Waals surface area contributed by atoms with Crippen LogP contribution >= 0.6 is 23.4 Å². The third kappa shape index (κ3) is 4.15. The van der Waals surface area contributed by atoms with Crippen LogP contribution in [0.1, 0.15) is 17.4 Å². The van der Waals surface area contributed by atoms with Crippen molar-refractivity contribution in [3.63, 3.8) is 0 Å². The number of rotatable bonds is 5. The number of nitrogens with one attached hydrogen (secondary N) is 1. The zero-order valence-electron chi connectivity index (χ0n) is 14.1. The molecule has 0 aliphatic rings. The maximum atomic E-state index is 12.4. The first-order valence-electron chi connectivity index (χ1n) is 7.95. The number of fused-ring (bicyclic) bond motifs is 1. The van der Waals surface area contributed by atoms with E-state index < -0.39 is 17.9 Å². The van der Waals surface area contributed by atoms with Gasteiger partial charge in [0.05, 0.1) is 0 Å². The molecule has 0 saturated heterocycles. The first-order chi connectivity index (χ1) is 12.9. The van der Waals surface area contributed by atoms with E-state index in [9.17, 15) is 14.7 Å². The fraction of sp³-hybridized carbons (Fsp3) is 0.105. The number of carbonyl (C=O) groups is 2. The molecule has 1 atom stereocenters. The molecule has 0 spiro atoms. The molecule has 138 valence electrons. The monoisotopic (exact) mass is 402 g/mol. The molecule has 1 aromatic heterocycles. The minimum Gasteiger partial charge on any atom is -0.505 e. The van der Waals surface area contributed by atoms with E-state index in [1.54, 1.807) is 30.3 Å². The molecule has 1 amide bonds. The second kappa shape index (κ2) is 7.85. The van der Waals surface area contributed by atoms with Crippen LogP contribution in [0, 0.1) is 0 Å². The molecule has 0 radical (unpaired) electrons. The number of amides is 1. The van der Waals surface area contributed by atoms with Gasteiger partial charge in [-0.15, -0.1) is 0 Å². The Morgan fingerprint density at radius 2 is 1.74 bits per heavy atom. The smallest absolute Gasteiger partial charge is 0.325 e. The standard InChI is InChI=1S/C19H15ClN2O4S/c1-10(19(25)26)21-17(24)15-16(23)13-4-2-3-5-14(13)18(22-15)27-12-8-6-11(20)7-9-12/h2-10,23H,1H3,(H,21,24)(H,25,26)/t10-/m1/s1. The van der Waals surface area contributed by atoms with E-state index in [1.165, 1.54) is 18.7 Å². The van der Waals surface area contributed by atoms with Crippen molar-refractivity contribution in [2.45, 2.75) is 22.9 Å². The molecule has 6 nitrogen and oxygen atoms in total. The van der Waals surface area contributed by atoms with Crippen LogP contribution in [0.25, 0.3) is 10.8 Å². The summed E-state index contributed by atoms with van der Waals surface area (Å²) in [6.45, 7) is 1.34. The average Bonchev–Trinajstić information content (AvgIpc) is 2.65. The second-order valence-corrected chi connectivity index (χ2v) is 7.25. The molecule has 1 heterocycles. The van der Waals surface area contributed by atoms with E-state index in [4.69, 9.17) is 16.7 Å². The molecule has 0 aliphatic carbocycles. The number of aromatic hydroxyl groups is 1. The Bertz CT molecular complexity index is 1020. The molecule has 8 heteroatoms. The van der Waals surface area contributed by atoms with E-state index in [-0.39, 0.29) is 11.4 Å². The lowest BCUT2D eigenvalue weighted by Gasteiger charge is -2.13. The number of hydrogen-bond acceptors (Lipinski definition) is 5. The van der Waals surface area contributed by atoms with Gasteiger partial charge in [0.1, 0.15) is 11.1 Å². The van der Waals surface area contributed by atoms with Gasteiger partial charge in [-0.2, -0.15) is 0 Å². The molecule has 0 fully saturated rings. The van der Waals surface area contributed by atoms with Gasteiger partial charge < -0.3 is 15.5 Å². The summed E-state index contributed by atoms with van der Waals surface area (Å²) in [5.41, 5.74) is -0.224. The minimum atomic E-state index is -1.18. The van der Waals surface area contributed by atoms with Crippen molar-refractivity contribution in [1.29, 1.82) is 0 Å². The normalized spacial score (nSPS) is 11.9. The second-order valence-electron chi connectivity index (χ2n) is 5.75. The molecule has 0 aliphatic heterocycles. The molecular formula is C19H15ClN2O4S. The van der Waals surface area contributed by atoms with E-state index >= 15 is 0 Å². The first-order valence-corrected chi connectivity index (χ1v) is 9.15. The van der Waals surface area contributed by atoms with Crippen LogP contribution in [0.15, 0.2) is 58.5 Å². The Balaban J connectivity index is 2.07. The number of aromatic nitrogens is 1. The fourth-order valence-corrected chi connectivity index (χ4v) is 3.44. The summed E-state index contributed by atoms with van der Waals surface area (Å²) in [4.78, 5) is 28.6. The lowest BCUT2D eigenvalue weighted by molar-refractivity contribution is -0.138. The molecular weight excluding hydrogens is 388 g/mol. The van der Waals surface area contributed by atoms with Gasteiger partial charge in [-0.05, 0) is 31.2 Å². The molecule has 27 heavy (non-hydrogen) atoms. The number of carboxylic acids is 1. The summed E-state index contributed by atoms with van der Waals surface area (Å²) in [5.74, 6) is -2.23. The zero-order valence-corrected chi connectivity index (χ0v) is 15.7. The third-order valence-corrected chi connectivity index (χ3v) is 5.08. The Labute approximate surface area is 164 Å². The highest BCUT2D eigenvalue weighted by Crippen LogP contribution is 2.37. The van der Waals surface area contributed by atoms with Crippen molar-refractivity contribution < 1.29 is 19.8 Å². The SMILES string of the molecule is C[C@@H](NC(=O)c1nc(Sc2ccc(Cl)cc2)c2ccccc2c1O)C(=O)O. The van der Waals surface area contributed by atoms with E-state index in [0.29, 0.717) is 20.8 Å². The molecule has 0 bridgehead atoms. The van der Waals surface area contributed by atoms with Crippen molar-refractivity contribution in [2.75, 3.05) is 0 Å². The Morgan fingerprint density at radius 3 is 2.37 bits per heavy atom. The van der Waals surface area contributed by atoms with Crippen LogP contribution in [-0.2, 0) is 4.79 Å². The van der Waals surface area contributed by atoms with Crippen LogP contribution < -0.4 is 5.32 Å². The lowest BCUT2D eigenvalue weighted by atomic mass is 10.1. The number of pyridine rings is 1. The van der Waals surface area contributed by atoms with Crippen molar-refractivity contribution in [2.24, 2.45) is 0 Å². The van der Waals surface area contributed by atoms with Gasteiger partial charge in [0.25, 0.3) is 5.91 Å². The van der Waals surface area contributed by atoms with Crippen molar-refractivity contribution in [3.8, 4) is 5.75 Å². The highest BCUT2D eigenvalue weighted by atomic mass is 35.5. The molecule has 0 unspecified atom stereocenters. The minimum absolute atomic E-state index is 0.224. The largest absolute Gasteiger partial charge is 0.505 e. The average molecular weight is 403 g/mol. The van der Waals surface area contributed by atoms with Gasteiger partial charge in [-0.25, -0.2) is 4.98 Å². The highest BCUT2D eigenvalue weighted by molar-refractivity contribution is 7.99. The number of benzene rings is 2. The van der Waals surface area contributed by atoms with Crippen molar-refractivity contribution in [3.05, 3.63) is 59.2 Å². The number of nitrogens with zero attached hydrogens (tertiary/aromatic N) is 1. The van der Waals surface area contributed by atoms with Gasteiger partial charge >= 0.3 is 5.97 Å². The van der Waals surface area contributed by atoms with E-state index in [1.807, 2.05) is 18.2 Å². The summed E-state index contributed by atoms with van der Waals surface area (Å²) >= 11 is 7.23. The molecule has 3 N–H and O–H groups in total. The molecule has 3 rings (SSSR count). The van der Waals surface area contributed by atoms with Crippen molar-refractivity contribution >= 4 is 46.0 Å². The Hall–Kier alpha value is -2.77. The zero-order chi connectivity index (χ0) is 19.6. The van der Waals surface area contributed by atoms with Crippen LogP contribution in [0.5, 0.6) is 5.75 Å². The van der Waals surface area contributed by atoms with Crippen LogP contribution in [0.2, 0.25) is 5.02 Å². The molecule has 2 aromatic carbocycles. The summed E-state index contributed by atoms with van der Waals surface area (Å²) in [5, 5.41) is 24.0. The number of hydrogen-bond donors (Lipinski definition) is 3. The topological polar surface area (TPSA) is 99.5 Å². The van der Waals surface area contributed by atoms with Crippen LogP contribution in [0.3, 0.4) is 0 Å². The number of aliphatic carboxylic acids is 1. The maximum Gasteiger partial charge on any atom is 0.325 e. The quantitative estimate of drug-likeness (QED) is 0.597. The lowest BCUT2D eigenvalue weighted by Crippen LogP contribution is -2.38. The predicted molar refractivity (Wildman–Crippen MR) is 104 cm³/mol. The van der Waals surface area contributed by atoms with Gasteiger partial charge in [-0.1, -0.05) is 47.6 Å². The van der Waals surface area contributed by atoms with Crippen molar-refractivity contribution in [1.82, 2.24) is 10.3 Å². The van der Waals surface area contributed by atoms with E-state index in [0.717, 1.165) is 4.90 Å². The molecule has 0 saturated carbocycles. The Kier molecular flexibility index (Phi) is 5.53. The first kappa shape index (κ1) is 19.0. The van der Waals surface area contributed by atoms with Crippen LogP contribution in [-0.4, -0.2) is 33.1 Å².